The van der Waals surface area contributed by atoms with Crippen molar-refractivity contribution in [2.75, 3.05) is 12.3 Å². The average Bonchev–Trinajstić information content (AvgIpc) is 3.13. The van der Waals surface area contributed by atoms with E-state index in [0.29, 0.717) is 0 Å². The summed E-state index contributed by atoms with van der Waals surface area (Å²) in [5.41, 5.74) is 5.50. The van der Waals surface area contributed by atoms with E-state index in [1.807, 2.05) is 0 Å². The summed E-state index contributed by atoms with van der Waals surface area (Å²) in [5, 5.41) is 18.8. The quantitative estimate of drug-likeness (QED) is 0.154. The van der Waals surface area contributed by atoms with Crippen molar-refractivity contribution in [2.45, 2.75) is 24.9 Å². The lowest BCUT2D eigenvalue weighted by atomic mass is 10.2. The molecule has 0 unspecified atom stereocenters. The van der Waals surface area contributed by atoms with Crippen molar-refractivity contribution in [2.24, 2.45) is 0 Å². The predicted octanol–water partition coefficient (Wildman–Crippen LogP) is -4.44. The summed E-state index contributed by atoms with van der Waals surface area (Å²) in [5.74, 6) is -0.0171. The number of aromatic amines is 1. The Labute approximate surface area is 187 Å². The number of rotatable bonds is 2. The van der Waals surface area contributed by atoms with Crippen LogP contribution in [0, 0.1) is 0 Å². The van der Waals surface area contributed by atoms with Gasteiger partial charge in [-0.05, 0) is 0 Å². The van der Waals surface area contributed by atoms with Crippen molar-refractivity contribution in [1.29, 1.82) is 0 Å². The lowest BCUT2D eigenvalue weighted by molar-refractivity contribution is -0.0432. The van der Waals surface area contributed by atoms with Gasteiger partial charge in [0.05, 0.1) is 19.0 Å². The number of nitrogens with zero attached hydrogens (tertiary/aromatic N) is 3. The molecule has 0 aliphatic carbocycles. The maximum Gasteiger partial charge on any atom is 0.466 e. The van der Waals surface area contributed by atoms with E-state index in [9.17, 15) is 9.90 Å². The number of H-pyrrole nitrogens is 1. The van der Waals surface area contributed by atoms with Gasteiger partial charge in [-0.2, -0.15) is 4.98 Å². The molecule has 24 heteroatoms. The average molecular weight is 561 g/mol. The fourth-order valence-electron chi connectivity index (χ4n) is 2.20. The lowest BCUT2D eigenvalue weighted by Gasteiger charge is -2.13. The summed E-state index contributed by atoms with van der Waals surface area (Å²) in [6.07, 6.45) is -0.270. The van der Waals surface area contributed by atoms with Gasteiger partial charge in [0.2, 0.25) is 5.95 Å². The van der Waals surface area contributed by atoms with Crippen LogP contribution in [0.2, 0.25) is 0 Å². The highest BCUT2D eigenvalue weighted by atomic mass is 31.2. The van der Waals surface area contributed by atoms with Gasteiger partial charge in [-0.15, -0.1) is 0 Å². The highest BCUT2D eigenvalue weighted by Gasteiger charge is 2.35. The van der Waals surface area contributed by atoms with Crippen LogP contribution in [-0.4, -0.2) is 92.6 Å². The van der Waals surface area contributed by atoms with Gasteiger partial charge in [0.1, 0.15) is 12.3 Å². The summed E-state index contributed by atoms with van der Waals surface area (Å²) in [4.78, 5) is 86.6. The number of anilines is 1. The lowest BCUT2D eigenvalue weighted by Crippen LogP contribution is -2.24. The maximum atomic E-state index is 11.6. The Hall–Kier alpha value is -1.64. The Kier molecular flexibility index (Phi) is 12.3. The highest BCUT2D eigenvalue weighted by Crippen LogP contribution is 2.30. The van der Waals surface area contributed by atoms with Crippen molar-refractivity contribution in [3.05, 3.63) is 16.7 Å². The number of nitrogen functional groups attached to an aromatic ring is 1. The molecule has 3 heterocycles. The number of hydrogen-bond acceptors (Lipinski definition) is 10. The van der Waals surface area contributed by atoms with E-state index in [2.05, 4.69) is 15.0 Å². The molecule has 0 aromatic carbocycles. The first-order chi connectivity index (χ1) is 15.1. The van der Waals surface area contributed by atoms with Crippen LogP contribution in [0.1, 0.15) is 12.6 Å². The molecule has 1 saturated heterocycles. The zero-order valence-electron chi connectivity index (χ0n) is 16.4. The molecule has 3 atom stereocenters. The van der Waals surface area contributed by atoms with Gasteiger partial charge in [0.25, 0.3) is 5.56 Å². The fourth-order valence-corrected chi connectivity index (χ4v) is 2.20. The summed E-state index contributed by atoms with van der Waals surface area (Å²) >= 11 is 0. The van der Waals surface area contributed by atoms with Crippen LogP contribution in [0.3, 0.4) is 0 Å². The molecule has 3 rings (SSSR count). The monoisotopic (exact) mass is 561 g/mol. The molecule has 21 nitrogen and oxygen atoms in total. The zero-order valence-corrected chi connectivity index (χ0v) is 19.1. The molecule has 0 amide bonds. The molecule has 1 aliphatic rings. The second kappa shape index (κ2) is 12.9. The van der Waals surface area contributed by atoms with E-state index < -0.39 is 47.5 Å². The van der Waals surface area contributed by atoms with E-state index in [4.69, 9.17) is 73.3 Å². The number of phosphoric acid groups is 3. The second-order valence-corrected chi connectivity index (χ2v) is 9.01. The van der Waals surface area contributed by atoms with E-state index in [1.54, 1.807) is 0 Å². The standard InChI is InChI=1S/C10H13N5O4.3H3O4P/c11-10-13-8-7(9(18)14-10)12-3-15(8)6-1-4(17)5(2-16)19-6;3*1-5(2,3)4/h3-6,16-17H,1-2H2,(H3,11,13,14,18);3*(H3,1,2,3,4)/t4-,5+,6+;;;/m0.../s1. The number of aliphatic hydroxyl groups is 2. The third kappa shape index (κ3) is 15.3. The van der Waals surface area contributed by atoms with Crippen molar-refractivity contribution in [3.63, 3.8) is 0 Å². The molecule has 0 radical (unpaired) electrons. The molecule has 1 aliphatic heterocycles. The van der Waals surface area contributed by atoms with Crippen molar-refractivity contribution >= 4 is 40.6 Å². The predicted molar refractivity (Wildman–Crippen MR) is 107 cm³/mol. The summed E-state index contributed by atoms with van der Waals surface area (Å²) in [6, 6.07) is 0. The zero-order chi connectivity index (χ0) is 27.1. The van der Waals surface area contributed by atoms with Crippen molar-refractivity contribution < 1.29 is 72.7 Å². The molecule has 2 aromatic rings. The van der Waals surface area contributed by atoms with Crippen LogP contribution in [0.15, 0.2) is 11.1 Å². The van der Waals surface area contributed by atoms with Crippen LogP contribution in [0.25, 0.3) is 11.2 Å². The van der Waals surface area contributed by atoms with Crippen LogP contribution < -0.4 is 11.3 Å². The molecule has 14 N–H and O–H groups in total. The Morgan fingerprint density at radius 3 is 1.85 bits per heavy atom. The fraction of sp³-hybridized carbons (Fsp3) is 0.500. The minimum absolute atomic E-state index is 0.0171. The van der Waals surface area contributed by atoms with E-state index >= 15 is 0 Å². The summed E-state index contributed by atoms with van der Waals surface area (Å²) in [6.45, 7) is -0.277. The SMILES string of the molecule is Nc1nc2c(ncn2[C@H]2C[C@H](O)[C@@H](CO)O2)c(=O)[nH]1.O=P(O)(O)O.O=P(O)(O)O.O=P(O)(O)O. The minimum Gasteiger partial charge on any atom is -0.394 e. The molecule has 0 saturated carbocycles. The molecule has 2 aromatic heterocycles. The van der Waals surface area contributed by atoms with Crippen molar-refractivity contribution in [1.82, 2.24) is 19.5 Å². The number of nitrogens with one attached hydrogen (secondary N) is 1. The number of imidazole rings is 1. The van der Waals surface area contributed by atoms with Gasteiger partial charge in [-0.3, -0.25) is 14.3 Å². The molecule has 0 bridgehead atoms. The number of fused-ring (bicyclic) bond motifs is 1. The first-order valence-electron chi connectivity index (χ1n) is 8.11. The Morgan fingerprint density at radius 1 is 1.03 bits per heavy atom. The van der Waals surface area contributed by atoms with Crippen LogP contribution in [0.5, 0.6) is 0 Å². The summed E-state index contributed by atoms with van der Waals surface area (Å²) in [7, 11) is -13.9. The smallest absolute Gasteiger partial charge is 0.394 e. The Morgan fingerprint density at radius 2 is 1.47 bits per heavy atom. The van der Waals surface area contributed by atoms with E-state index in [0.717, 1.165) is 0 Å². The molecular weight excluding hydrogens is 539 g/mol. The van der Waals surface area contributed by atoms with Crippen LogP contribution in [-0.2, 0) is 18.4 Å². The van der Waals surface area contributed by atoms with Gasteiger partial charge in [-0.25, -0.2) is 18.7 Å². The van der Waals surface area contributed by atoms with Gasteiger partial charge in [0, 0.05) is 6.42 Å². The molecule has 34 heavy (non-hydrogen) atoms. The molecular formula is C10H22N5O16P3. The number of hydrogen-bond donors (Lipinski definition) is 13. The van der Waals surface area contributed by atoms with Gasteiger partial charge >= 0.3 is 23.5 Å². The second-order valence-electron chi connectivity index (χ2n) is 5.93. The number of aromatic nitrogens is 4. The topological polar surface area (TPSA) is 373 Å². The Bertz CT molecular complexity index is 1050. The van der Waals surface area contributed by atoms with Crippen LogP contribution >= 0.6 is 23.5 Å². The third-order valence-corrected chi connectivity index (χ3v) is 3.15. The van der Waals surface area contributed by atoms with Gasteiger partial charge < -0.3 is 64.7 Å². The Balaban J connectivity index is 0.000000599. The highest BCUT2D eigenvalue weighted by molar-refractivity contribution is 7.45. The molecule has 0 spiro atoms. The maximum absolute atomic E-state index is 11.6. The number of aliphatic hydroxyl groups excluding tert-OH is 2. The number of nitrogens with two attached hydrogens (primary N) is 1. The normalized spacial score (nSPS) is 20.4. The largest absolute Gasteiger partial charge is 0.466 e. The molecule has 198 valence electrons. The van der Waals surface area contributed by atoms with Gasteiger partial charge in [0.15, 0.2) is 11.2 Å². The van der Waals surface area contributed by atoms with Crippen LogP contribution in [0.4, 0.5) is 5.95 Å². The van der Waals surface area contributed by atoms with E-state index in [1.165, 1.54) is 10.9 Å². The minimum atomic E-state index is -4.64. The number of ether oxygens (including phenoxy) is 1. The first kappa shape index (κ1) is 32.4. The van der Waals surface area contributed by atoms with E-state index in [-0.39, 0.29) is 30.1 Å². The first-order valence-corrected chi connectivity index (χ1v) is 12.8. The van der Waals surface area contributed by atoms with Crippen molar-refractivity contribution in [3.8, 4) is 0 Å². The molecule has 1 fully saturated rings. The van der Waals surface area contributed by atoms with Gasteiger partial charge in [-0.1, -0.05) is 0 Å². The third-order valence-electron chi connectivity index (χ3n) is 3.15. The summed E-state index contributed by atoms with van der Waals surface area (Å²) < 4.78 is 33.7.